The Morgan fingerprint density at radius 1 is 1.19 bits per heavy atom. The van der Waals surface area contributed by atoms with Crippen molar-refractivity contribution >= 4 is 23.2 Å². The van der Waals surface area contributed by atoms with Crippen LogP contribution in [-0.2, 0) is 6.42 Å². The van der Waals surface area contributed by atoms with Crippen molar-refractivity contribution in [2.75, 3.05) is 13.2 Å². The third-order valence-electron chi connectivity index (χ3n) is 7.71. The van der Waals surface area contributed by atoms with E-state index < -0.39 is 0 Å². The Morgan fingerprint density at radius 3 is 2.86 bits per heavy atom. The summed E-state index contributed by atoms with van der Waals surface area (Å²) in [6, 6.07) is 11.9. The summed E-state index contributed by atoms with van der Waals surface area (Å²) in [5.74, 6) is 0.688. The molecule has 3 atom stereocenters. The van der Waals surface area contributed by atoms with E-state index in [2.05, 4.69) is 10.3 Å². The fourth-order valence-corrected chi connectivity index (χ4v) is 7.04. The minimum absolute atomic E-state index is 0.0900. The maximum absolute atomic E-state index is 14.0. The topological polar surface area (TPSA) is 71.5 Å². The molecule has 2 fully saturated rings. The number of carbonyl (C=O) groups excluding carboxylic acids is 2. The van der Waals surface area contributed by atoms with Crippen LogP contribution in [0.1, 0.15) is 57.1 Å². The zero-order valence-corrected chi connectivity index (χ0v) is 20.9. The average Bonchev–Trinajstić information content (AvgIpc) is 3.65. The van der Waals surface area contributed by atoms with Crippen molar-refractivity contribution in [3.05, 3.63) is 70.1 Å². The van der Waals surface area contributed by atoms with Crippen molar-refractivity contribution in [3.63, 3.8) is 0 Å². The lowest BCUT2D eigenvalue weighted by atomic mass is 10.0. The first-order valence-electron chi connectivity index (χ1n) is 12.6. The molecule has 1 aromatic heterocycles. The van der Waals surface area contributed by atoms with E-state index in [9.17, 15) is 14.0 Å². The van der Waals surface area contributed by atoms with E-state index in [0.717, 1.165) is 58.9 Å². The molecule has 8 heteroatoms. The van der Waals surface area contributed by atoms with Crippen LogP contribution < -0.4 is 10.1 Å². The largest absolute Gasteiger partial charge is 0.493 e. The molecule has 0 radical (unpaired) electrons. The number of hydrogen-bond donors (Lipinski definition) is 1. The molecule has 1 aliphatic carbocycles. The number of amides is 2. The number of ether oxygens (including phenoxy) is 1. The van der Waals surface area contributed by atoms with Crippen molar-refractivity contribution in [2.45, 2.75) is 51.1 Å². The Balaban J connectivity index is 1.25. The number of rotatable bonds is 5. The SMILES string of the molecule is Cc1nc(C(=O)N2[C@H](CNC(=O)c3cccc4c3CCO4)C[C@@H]3CCC[C@@H]32)c(-c2ccc(F)cc2)s1. The summed E-state index contributed by atoms with van der Waals surface area (Å²) in [4.78, 5) is 34.5. The van der Waals surface area contributed by atoms with Crippen LogP contribution in [0.15, 0.2) is 42.5 Å². The number of halogens is 1. The van der Waals surface area contributed by atoms with Gasteiger partial charge in [-0.15, -0.1) is 11.3 Å². The van der Waals surface area contributed by atoms with E-state index in [0.29, 0.717) is 30.3 Å². The molecule has 186 valence electrons. The van der Waals surface area contributed by atoms with E-state index in [1.165, 1.54) is 23.5 Å². The number of aromatic nitrogens is 1. The predicted octanol–water partition coefficient (Wildman–Crippen LogP) is 5.01. The van der Waals surface area contributed by atoms with Gasteiger partial charge in [-0.2, -0.15) is 0 Å². The van der Waals surface area contributed by atoms with E-state index in [1.807, 2.05) is 30.0 Å². The number of benzene rings is 2. The number of fused-ring (bicyclic) bond motifs is 2. The minimum atomic E-state index is -0.312. The molecule has 1 N–H and O–H groups in total. The normalized spacial score (nSPS) is 22.3. The second-order valence-corrected chi connectivity index (χ2v) is 11.1. The standard InChI is InChI=1S/C28H28FN3O3S/c1-16-31-25(26(36-16)17-8-10-19(29)11-9-17)28(34)32-20(14-18-4-2-6-23(18)32)15-30-27(33)22-5-3-7-24-21(22)12-13-35-24/h3,5,7-11,18,20,23H,2,4,6,12-15H2,1H3,(H,30,33)/t18-,20-,23-/m0/s1. The van der Waals surface area contributed by atoms with Gasteiger partial charge in [0.15, 0.2) is 0 Å². The first-order valence-corrected chi connectivity index (χ1v) is 13.4. The van der Waals surface area contributed by atoms with Crippen LogP contribution in [0, 0.1) is 18.7 Å². The highest BCUT2D eigenvalue weighted by Crippen LogP contribution is 2.43. The predicted molar refractivity (Wildman–Crippen MR) is 136 cm³/mol. The molecule has 1 saturated heterocycles. The number of thiazole rings is 1. The maximum Gasteiger partial charge on any atom is 0.274 e. The molecule has 2 aromatic carbocycles. The van der Waals surface area contributed by atoms with Gasteiger partial charge in [-0.05, 0) is 61.9 Å². The van der Waals surface area contributed by atoms with Gasteiger partial charge in [-0.3, -0.25) is 9.59 Å². The molecule has 3 heterocycles. The van der Waals surface area contributed by atoms with Crippen molar-refractivity contribution in [1.29, 1.82) is 0 Å². The minimum Gasteiger partial charge on any atom is -0.493 e. The smallest absolute Gasteiger partial charge is 0.274 e. The molecule has 2 aliphatic heterocycles. The van der Waals surface area contributed by atoms with Crippen LogP contribution in [0.3, 0.4) is 0 Å². The third-order valence-corrected chi connectivity index (χ3v) is 8.73. The van der Waals surface area contributed by atoms with Crippen molar-refractivity contribution in [3.8, 4) is 16.2 Å². The lowest BCUT2D eigenvalue weighted by Gasteiger charge is -2.30. The van der Waals surface area contributed by atoms with Gasteiger partial charge in [0.2, 0.25) is 0 Å². The number of nitrogens with zero attached hydrogens (tertiary/aromatic N) is 2. The zero-order chi connectivity index (χ0) is 24.8. The van der Waals surface area contributed by atoms with E-state index in [1.54, 1.807) is 12.1 Å². The van der Waals surface area contributed by atoms with Crippen molar-refractivity contribution in [1.82, 2.24) is 15.2 Å². The van der Waals surface area contributed by atoms with Gasteiger partial charge < -0.3 is 15.0 Å². The first-order chi connectivity index (χ1) is 17.5. The van der Waals surface area contributed by atoms with Crippen LogP contribution in [0.2, 0.25) is 0 Å². The molecule has 2 amide bonds. The van der Waals surface area contributed by atoms with E-state index in [-0.39, 0.29) is 29.7 Å². The highest BCUT2D eigenvalue weighted by Gasteiger charge is 2.47. The van der Waals surface area contributed by atoms with E-state index in [4.69, 9.17) is 4.74 Å². The fourth-order valence-electron chi connectivity index (χ4n) is 6.12. The molecule has 3 aromatic rings. The van der Waals surface area contributed by atoms with Gasteiger partial charge in [-0.25, -0.2) is 9.37 Å². The highest BCUT2D eigenvalue weighted by atomic mass is 32.1. The quantitative estimate of drug-likeness (QED) is 0.530. The van der Waals surface area contributed by atoms with Crippen molar-refractivity contribution < 1.29 is 18.7 Å². The number of carbonyl (C=O) groups is 2. The van der Waals surface area contributed by atoms with Crippen LogP contribution in [-0.4, -0.2) is 46.9 Å². The molecular weight excluding hydrogens is 477 g/mol. The molecule has 0 bridgehead atoms. The van der Waals surface area contributed by atoms with Crippen LogP contribution in [0.25, 0.3) is 10.4 Å². The molecular formula is C28H28FN3O3S. The summed E-state index contributed by atoms with van der Waals surface area (Å²) in [6.07, 6.45) is 4.78. The first kappa shape index (κ1) is 23.2. The lowest BCUT2D eigenvalue weighted by molar-refractivity contribution is 0.0645. The fraction of sp³-hybridized carbons (Fsp3) is 0.393. The Kier molecular flexibility index (Phi) is 5.99. The molecule has 6 rings (SSSR count). The lowest BCUT2D eigenvalue weighted by Crippen LogP contribution is -2.46. The third kappa shape index (κ3) is 4.07. The highest BCUT2D eigenvalue weighted by molar-refractivity contribution is 7.15. The monoisotopic (exact) mass is 505 g/mol. The van der Waals surface area contributed by atoms with Gasteiger partial charge >= 0.3 is 0 Å². The summed E-state index contributed by atoms with van der Waals surface area (Å²) in [7, 11) is 0. The Bertz CT molecular complexity index is 1320. The summed E-state index contributed by atoms with van der Waals surface area (Å²) in [6.45, 7) is 2.88. The molecule has 1 saturated carbocycles. The summed E-state index contributed by atoms with van der Waals surface area (Å²) in [5.41, 5.74) is 2.81. The molecule has 0 unspecified atom stereocenters. The maximum atomic E-state index is 14.0. The van der Waals surface area contributed by atoms with Gasteiger partial charge in [0.05, 0.1) is 22.5 Å². The Hall–Kier alpha value is -3.26. The molecule has 6 nitrogen and oxygen atoms in total. The van der Waals surface area contributed by atoms with Gasteiger partial charge in [0.25, 0.3) is 11.8 Å². The van der Waals surface area contributed by atoms with Crippen LogP contribution >= 0.6 is 11.3 Å². The molecule has 36 heavy (non-hydrogen) atoms. The Morgan fingerprint density at radius 2 is 2.03 bits per heavy atom. The number of likely N-dealkylation sites (tertiary alicyclic amines) is 1. The average molecular weight is 506 g/mol. The summed E-state index contributed by atoms with van der Waals surface area (Å²) < 4.78 is 19.1. The summed E-state index contributed by atoms with van der Waals surface area (Å²) >= 11 is 1.45. The zero-order valence-electron chi connectivity index (χ0n) is 20.1. The second kappa shape index (κ2) is 9.32. The van der Waals surface area contributed by atoms with Gasteiger partial charge in [0, 0.05) is 30.1 Å². The van der Waals surface area contributed by atoms with Crippen LogP contribution in [0.5, 0.6) is 5.75 Å². The van der Waals surface area contributed by atoms with Gasteiger partial charge in [0.1, 0.15) is 17.3 Å². The Labute approximate surface area is 213 Å². The van der Waals surface area contributed by atoms with E-state index >= 15 is 0 Å². The molecule has 0 spiro atoms. The second-order valence-electron chi connectivity index (χ2n) is 9.87. The van der Waals surface area contributed by atoms with Gasteiger partial charge in [-0.1, -0.05) is 24.6 Å². The van der Waals surface area contributed by atoms with Crippen molar-refractivity contribution in [2.24, 2.45) is 5.92 Å². The molecule has 3 aliphatic rings. The number of nitrogens with one attached hydrogen (secondary N) is 1. The summed E-state index contributed by atoms with van der Waals surface area (Å²) in [5, 5.41) is 3.90. The number of aryl methyl sites for hydroxylation is 1. The van der Waals surface area contributed by atoms with Crippen LogP contribution in [0.4, 0.5) is 4.39 Å². The number of hydrogen-bond acceptors (Lipinski definition) is 5.